The Bertz CT molecular complexity index is 1090. The fraction of sp³-hybridized carbons (Fsp3) is 0.360. The molecule has 0 aliphatic heterocycles. The minimum Gasteiger partial charge on any atom is -0.313 e. The van der Waals surface area contributed by atoms with Crippen LogP contribution < -0.4 is 0 Å². The Morgan fingerprint density at radius 2 is 1.97 bits per heavy atom. The Morgan fingerprint density at radius 1 is 1.09 bits per heavy atom. The maximum Gasteiger partial charge on any atom is 0.237 e. The highest BCUT2D eigenvalue weighted by molar-refractivity contribution is 7.99. The second-order valence-electron chi connectivity index (χ2n) is 8.34. The zero-order valence-corrected chi connectivity index (χ0v) is 18.9. The van der Waals surface area contributed by atoms with Crippen molar-refractivity contribution < 1.29 is 4.79 Å². The van der Waals surface area contributed by atoms with Gasteiger partial charge in [0.2, 0.25) is 5.91 Å². The molecule has 5 rings (SSSR count). The third kappa shape index (κ3) is 4.78. The molecule has 0 N–H and O–H groups in total. The van der Waals surface area contributed by atoms with Crippen molar-refractivity contribution in [3.05, 3.63) is 72.2 Å². The first-order chi connectivity index (χ1) is 15.8. The van der Waals surface area contributed by atoms with E-state index in [4.69, 9.17) is 0 Å². The van der Waals surface area contributed by atoms with Gasteiger partial charge < -0.3 is 4.90 Å². The summed E-state index contributed by atoms with van der Waals surface area (Å²) >= 11 is 1.48. The molecule has 3 aromatic rings. The summed E-state index contributed by atoms with van der Waals surface area (Å²) in [6, 6.07) is 14.5. The van der Waals surface area contributed by atoms with Gasteiger partial charge in [-0.1, -0.05) is 48.2 Å². The molecule has 0 saturated heterocycles. The number of hydrogen-bond acceptors (Lipinski definition) is 5. The number of aromatic nitrogens is 4. The zero-order chi connectivity index (χ0) is 21.8. The van der Waals surface area contributed by atoms with Crippen LogP contribution in [0.5, 0.6) is 0 Å². The van der Waals surface area contributed by atoms with E-state index in [0.717, 1.165) is 47.8 Å². The third-order valence-corrected chi connectivity index (χ3v) is 6.85. The first kappa shape index (κ1) is 20.9. The van der Waals surface area contributed by atoms with Crippen molar-refractivity contribution in [2.45, 2.75) is 56.3 Å². The monoisotopic (exact) mass is 445 g/mol. The molecule has 2 aromatic heterocycles. The molecule has 164 valence electrons. The molecule has 0 unspecified atom stereocenters. The predicted octanol–water partition coefficient (Wildman–Crippen LogP) is 4.93. The van der Waals surface area contributed by atoms with E-state index in [-0.39, 0.29) is 5.91 Å². The van der Waals surface area contributed by atoms with Crippen molar-refractivity contribution in [1.82, 2.24) is 24.6 Å². The number of thioether (sulfide) groups is 1. The summed E-state index contributed by atoms with van der Waals surface area (Å²) in [7, 11) is 0. The van der Waals surface area contributed by atoms with Crippen LogP contribution in [0.2, 0.25) is 0 Å². The number of pyridine rings is 1. The average Bonchev–Trinajstić information content (AvgIpc) is 3.60. The number of benzene rings is 1. The van der Waals surface area contributed by atoms with Gasteiger partial charge in [-0.2, -0.15) is 0 Å². The van der Waals surface area contributed by atoms with Gasteiger partial charge in [0.25, 0.3) is 0 Å². The lowest BCUT2D eigenvalue weighted by atomic mass is 10.0. The van der Waals surface area contributed by atoms with Gasteiger partial charge in [-0.25, -0.2) is 0 Å². The van der Waals surface area contributed by atoms with Gasteiger partial charge >= 0.3 is 0 Å². The molecule has 0 spiro atoms. The molecule has 7 heteroatoms. The summed E-state index contributed by atoms with van der Waals surface area (Å²) in [5.74, 6) is 1.32. The van der Waals surface area contributed by atoms with Gasteiger partial charge in [0.1, 0.15) is 0 Å². The van der Waals surface area contributed by atoms with Gasteiger partial charge in [0.15, 0.2) is 11.0 Å². The number of carbonyl (C=O) groups is 1. The third-order valence-electron chi connectivity index (χ3n) is 5.90. The number of hydrogen-bond donors (Lipinski definition) is 0. The van der Waals surface area contributed by atoms with Gasteiger partial charge in [0.05, 0.1) is 12.3 Å². The minimum absolute atomic E-state index is 0.183. The average molecular weight is 446 g/mol. The first-order valence-electron chi connectivity index (χ1n) is 11.3. The van der Waals surface area contributed by atoms with E-state index in [1.54, 1.807) is 12.4 Å². The molecule has 0 atom stereocenters. The van der Waals surface area contributed by atoms with Gasteiger partial charge in [0, 0.05) is 29.7 Å². The van der Waals surface area contributed by atoms with Crippen molar-refractivity contribution in [2.75, 3.05) is 5.75 Å². The fourth-order valence-electron chi connectivity index (χ4n) is 4.18. The molecule has 0 radical (unpaired) electrons. The Morgan fingerprint density at radius 3 is 2.69 bits per heavy atom. The summed E-state index contributed by atoms with van der Waals surface area (Å²) in [5.41, 5.74) is 3.31. The standard InChI is InChI=1S/C25H27N5OS/c31-23(30(22-13-14-22)21-11-5-2-6-12-21)18-32-25-28-27-24(20-10-7-15-26-16-20)29(25)17-19-8-3-1-4-9-19/h1,3-4,7-11,15-16,22H,2,5-6,12-14,17-18H2. The second kappa shape index (κ2) is 9.69. The van der Waals surface area contributed by atoms with Crippen LogP contribution in [0.3, 0.4) is 0 Å². The van der Waals surface area contributed by atoms with E-state index in [1.165, 1.54) is 30.3 Å². The summed E-state index contributed by atoms with van der Waals surface area (Å²) < 4.78 is 2.09. The maximum absolute atomic E-state index is 13.2. The SMILES string of the molecule is O=C(CSc1nnc(-c2cccnc2)n1Cc1ccccc1)N(C1=CCCCC1)C1CC1. The van der Waals surface area contributed by atoms with E-state index in [1.807, 2.05) is 30.3 Å². The summed E-state index contributed by atoms with van der Waals surface area (Å²) in [6.45, 7) is 0.645. The van der Waals surface area contributed by atoms with E-state index < -0.39 is 0 Å². The number of amides is 1. The quantitative estimate of drug-likeness (QED) is 0.460. The number of allylic oxidation sites excluding steroid dienone is 2. The van der Waals surface area contributed by atoms with Crippen molar-refractivity contribution in [1.29, 1.82) is 0 Å². The fourth-order valence-corrected chi connectivity index (χ4v) is 4.98. The largest absolute Gasteiger partial charge is 0.313 e. The van der Waals surface area contributed by atoms with Crippen LogP contribution in [-0.4, -0.2) is 42.4 Å². The topological polar surface area (TPSA) is 63.9 Å². The molecule has 1 amide bonds. The minimum atomic E-state index is 0.183. The van der Waals surface area contributed by atoms with Crippen LogP contribution in [0.4, 0.5) is 0 Å². The lowest BCUT2D eigenvalue weighted by molar-refractivity contribution is -0.127. The first-order valence-corrected chi connectivity index (χ1v) is 12.3. The molecule has 1 fully saturated rings. The molecular weight excluding hydrogens is 418 g/mol. The summed E-state index contributed by atoms with van der Waals surface area (Å²) in [6.07, 6.45) is 12.5. The van der Waals surface area contributed by atoms with Gasteiger partial charge in [-0.05, 0) is 56.2 Å². The van der Waals surface area contributed by atoms with Crippen LogP contribution >= 0.6 is 11.8 Å². The highest BCUT2D eigenvalue weighted by Gasteiger charge is 2.35. The maximum atomic E-state index is 13.2. The Kier molecular flexibility index (Phi) is 6.34. The molecular formula is C25H27N5OS. The van der Waals surface area contributed by atoms with E-state index >= 15 is 0 Å². The summed E-state index contributed by atoms with van der Waals surface area (Å²) in [5, 5.41) is 9.67. The Balaban J connectivity index is 1.37. The molecule has 2 heterocycles. The molecule has 32 heavy (non-hydrogen) atoms. The lowest BCUT2D eigenvalue weighted by Gasteiger charge is -2.27. The van der Waals surface area contributed by atoms with Gasteiger partial charge in [-0.3, -0.25) is 14.3 Å². The van der Waals surface area contributed by atoms with Crippen molar-refractivity contribution in [3.8, 4) is 11.4 Å². The highest BCUT2D eigenvalue weighted by Crippen LogP contribution is 2.35. The molecule has 2 aliphatic rings. The zero-order valence-electron chi connectivity index (χ0n) is 18.1. The molecule has 6 nitrogen and oxygen atoms in total. The number of nitrogens with zero attached hydrogens (tertiary/aromatic N) is 5. The lowest BCUT2D eigenvalue weighted by Crippen LogP contribution is -2.34. The molecule has 1 aromatic carbocycles. The molecule has 0 bridgehead atoms. The van der Waals surface area contributed by atoms with Crippen molar-refractivity contribution >= 4 is 17.7 Å². The predicted molar refractivity (Wildman–Crippen MR) is 126 cm³/mol. The van der Waals surface area contributed by atoms with Crippen molar-refractivity contribution in [2.24, 2.45) is 0 Å². The Labute approximate surface area is 192 Å². The molecule has 1 saturated carbocycles. The highest BCUT2D eigenvalue weighted by atomic mass is 32.2. The number of rotatable bonds is 8. The Hall–Kier alpha value is -2.93. The molecule has 2 aliphatic carbocycles. The van der Waals surface area contributed by atoms with E-state index in [9.17, 15) is 4.79 Å². The second-order valence-corrected chi connectivity index (χ2v) is 9.29. The van der Waals surface area contributed by atoms with Crippen LogP contribution in [0, 0.1) is 0 Å². The van der Waals surface area contributed by atoms with Gasteiger partial charge in [-0.15, -0.1) is 10.2 Å². The van der Waals surface area contributed by atoms with E-state index in [2.05, 4.69) is 42.9 Å². The van der Waals surface area contributed by atoms with Crippen LogP contribution in [0.25, 0.3) is 11.4 Å². The normalized spacial score (nSPS) is 15.9. The van der Waals surface area contributed by atoms with E-state index in [0.29, 0.717) is 18.3 Å². The smallest absolute Gasteiger partial charge is 0.237 e. The van der Waals surface area contributed by atoms with Crippen LogP contribution in [-0.2, 0) is 11.3 Å². The number of carbonyl (C=O) groups excluding carboxylic acids is 1. The van der Waals surface area contributed by atoms with Crippen molar-refractivity contribution in [3.63, 3.8) is 0 Å². The van der Waals surface area contributed by atoms with Crippen LogP contribution in [0.15, 0.2) is 71.8 Å². The summed E-state index contributed by atoms with van der Waals surface area (Å²) in [4.78, 5) is 19.6. The van der Waals surface area contributed by atoms with Crippen LogP contribution in [0.1, 0.15) is 44.1 Å².